The van der Waals surface area contributed by atoms with E-state index in [1.807, 2.05) is 30.3 Å². The summed E-state index contributed by atoms with van der Waals surface area (Å²) in [5.41, 5.74) is 0.993. The van der Waals surface area contributed by atoms with Crippen LogP contribution >= 0.6 is 0 Å². The zero-order valence-corrected chi connectivity index (χ0v) is 8.93. The second-order valence-electron chi connectivity index (χ2n) is 4.09. The highest BCUT2D eigenvalue weighted by molar-refractivity contribution is 5.73. The summed E-state index contributed by atoms with van der Waals surface area (Å²) < 4.78 is 5.18. The van der Waals surface area contributed by atoms with E-state index in [1.165, 1.54) is 0 Å². The molecule has 2 rings (SSSR count). The number of hydrogen-bond acceptors (Lipinski definition) is 3. The number of ether oxygens (including phenoxy) is 1. The lowest BCUT2D eigenvalue weighted by molar-refractivity contribution is -0.153. The van der Waals surface area contributed by atoms with Crippen molar-refractivity contribution in [3.63, 3.8) is 0 Å². The molecule has 1 aliphatic carbocycles. The minimum atomic E-state index is -0.171. The van der Waals surface area contributed by atoms with Crippen molar-refractivity contribution in [2.45, 2.75) is 19.4 Å². The number of rotatable bonds is 3. The number of benzene rings is 1. The van der Waals surface area contributed by atoms with Gasteiger partial charge >= 0.3 is 5.97 Å². The monoisotopic (exact) mass is 215 g/mol. The molecule has 82 valence electrons. The Labute approximate surface area is 94.6 Å². The maximum absolute atomic E-state index is 11.5. The van der Waals surface area contributed by atoms with Crippen LogP contribution in [0.25, 0.3) is 0 Å². The van der Waals surface area contributed by atoms with Crippen LogP contribution in [0.4, 0.5) is 0 Å². The molecule has 0 spiro atoms. The standard InChI is InChI=1S/C13H13NO2/c14-8-11-6-12(7-11)13(15)16-9-10-4-2-1-3-5-10/h1-5,11-12H,6-7,9H2. The number of nitrogens with zero attached hydrogens (tertiary/aromatic N) is 1. The van der Waals surface area contributed by atoms with Gasteiger partial charge in [0.1, 0.15) is 6.61 Å². The number of nitriles is 1. The average Bonchev–Trinajstić information content (AvgIpc) is 2.26. The van der Waals surface area contributed by atoms with E-state index in [0.717, 1.165) is 5.56 Å². The van der Waals surface area contributed by atoms with Crippen LogP contribution in [0.5, 0.6) is 0 Å². The van der Waals surface area contributed by atoms with Crippen LogP contribution in [-0.4, -0.2) is 5.97 Å². The third-order valence-electron chi connectivity index (χ3n) is 2.88. The molecule has 1 aromatic carbocycles. The second kappa shape index (κ2) is 4.80. The van der Waals surface area contributed by atoms with Gasteiger partial charge in [0, 0.05) is 5.92 Å². The Bertz CT molecular complexity index is 402. The summed E-state index contributed by atoms with van der Waals surface area (Å²) in [4.78, 5) is 11.5. The Morgan fingerprint density at radius 1 is 1.38 bits per heavy atom. The van der Waals surface area contributed by atoms with Gasteiger partial charge in [-0.1, -0.05) is 30.3 Å². The first-order valence-corrected chi connectivity index (χ1v) is 5.40. The molecular weight excluding hydrogens is 202 g/mol. The van der Waals surface area contributed by atoms with E-state index in [-0.39, 0.29) is 17.8 Å². The van der Waals surface area contributed by atoms with E-state index in [9.17, 15) is 4.79 Å². The number of hydrogen-bond donors (Lipinski definition) is 0. The zero-order valence-electron chi connectivity index (χ0n) is 8.93. The van der Waals surface area contributed by atoms with Gasteiger partial charge in [0.2, 0.25) is 0 Å². The molecule has 0 atom stereocenters. The normalized spacial score (nSPS) is 22.9. The van der Waals surface area contributed by atoms with Gasteiger partial charge in [-0.25, -0.2) is 0 Å². The number of esters is 1. The number of carbonyl (C=O) groups is 1. The summed E-state index contributed by atoms with van der Waals surface area (Å²) in [5, 5.41) is 8.59. The summed E-state index contributed by atoms with van der Waals surface area (Å²) in [7, 11) is 0. The lowest BCUT2D eigenvalue weighted by Crippen LogP contribution is -2.30. The molecule has 0 aliphatic heterocycles. The Morgan fingerprint density at radius 3 is 2.69 bits per heavy atom. The molecule has 0 heterocycles. The van der Waals surface area contributed by atoms with Gasteiger partial charge in [-0.05, 0) is 18.4 Å². The summed E-state index contributed by atoms with van der Waals surface area (Å²) in [6.07, 6.45) is 1.31. The molecule has 3 nitrogen and oxygen atoms in total. The highest BCUT2D eigenvalue weighted by Gasteiger charge is 2.35. The first-order valence-electron chi connectivity index (χ1n) is 5.40. The van der Waals surface area contributed by atoms with Gasteiger partial charge < -0.3 is 4.74 Å². The van der Waals surface area contributed by atoms with Crippen molar-refractivity contribution in [2.75, 3.05) is 0 Å². The predicted molar refractivity (Wildman–Crippen MR) is 58.1 cm³/mol. The molecule has 16 heavy (non-hydrogen) atoms. The van der Waals surface area contributed by atoms with Crippen LogP contribution in [0, 0.1) is 23.2 Å². The molecule has 3 heteroatoms. The minimum absolute atomic E-state index is 0.0503. The molecule has 1 aromatic rings. The smallest absolute Gasteiger partial charge is 0.309 e. The maximum atomic E-state index is 11.5. The van der Waals surface area contributed by atoms with Crippen LogP contribution < -0.4 is 0 Å². The van der Waals surface area contributed by atoms with Crippen molar-refractivity contribution in [3.8, 4) is 6.07 Å². The van der Waals surface area contributed by atoms with Gasteiger partial charge in [0.15, 0.2) is 0 Å². The average molecular weight is 215 g/mol. The predicted octanol–water partition coefficient (Wildman–Crippen LogP) is 2.28. The van der Waals surface area contributed by atoms with Crippen molar-refractivity contribution < 1.29 is 9.53 Å². The summed E-state index contributed by atoms with van der Waals surface area (Å²) >= 11 is 0. The molecule has 0 unspecified atom stereocenters. The Kier molecular flexibility index (Phi) is 3.21. The highest BCUT2D eigenvalue weighted by Crippen LogP contribution is 2.33. The van der Waals surface area contributed by atoms with Crippen LogP contribution in [0.2, 0.25) is 0 Å². The van der Waals surface area contributed by atoms with Crippen LogP contribution in [0.15, 0.2) is 30.3 Å². The maximum Gasteiger partial charge on any atom is 0.309 e. The van der Waals surface area contributed by atoms with Crippen LogP contribution in [-0.2, 0) is 16.1 Å². The fraction of sp³-hybridized carbons (Fsp3) is 0.385. The second-order valence-corrected chi connectivity index (χ2v) is 4.09. The van der Waals surface area contributed by atoms with E-state index in [4.69, 9.17) is 10.00 Å². The summed E-state index contributed by atoms with van der Waals surface area (Å²) in [6, 6.07) is 11.8. The number of carbonyl (C=O) groups excluding carboxylic acids is 1. The van der Waals surface area contributed by atoms with Gasteiger partial charge in [-0.2, -0.15) is 5.26 Å². The Morgan fingerprint density at radius 2 is 2.06 bits per heavy atom. The molecule has 1 fully saturated rings. The quantitative estimate of drug-likeness (QED) is 0.727. The van der Waals surface area contributed by atoms with E-state index in [2.05, 4.69) is 6.07 Å². The first kappa shape index (κ1) is 10.7. The largest absolute Gasteiger partial charge is 0.461 e. The zero-order chi connectivity index (χ0) is 11.4. The Balaban J connectivity index is 1.76. The third kappa shape index (κ3) is 2.40. The molecule has 1 saturated carbocycles. The SMILES string of the molecule is N#CC1CC(C(=O)OCc2ccccc2)C1. The van der Waals surface area contributed by atoms with Crippen LogP contribution in [0.1, 0.15) is 18.4 Å². The molecule has 0 aromatic heterocycles. The topological polar surface area (TPSA) is 50.1 Å². The Hall–Kier alpha value is -1.82. The van der Waals surface area contributed by atoms with Crippen molar-refractivity contribution in [2.24, 2.45) is 11.8 Å². The van der Waals surface area contributed by atoms with Gasteiger partial charge in [-0.15, -0.1) is 0 Å². The molecule has 0 radical (unpaired) electrons. The lowest BCUT2D eigenvalue weighted by atomic mass is 9.76. The van der Waals surface area contributed by atoms with Crippen molar-refractivity contribution in [3.05, 3.63) is 35.9 Å². The minimum Gasteiger partial charge on any atom is -0.461 e. The van der Waals surface area contributed by atoms with Crippen molar-refractivity contribution in [1.82, 2.24) is 0 Å². The van der Waals surface area contributed by atoms with E-state index >= 15 is 0 Å². The van der Waals surface area contributed by atoms with Gasteiger partial charge in [0.05, 0.1) is 12.0 Å². The molecule has 0 saturated heterocycles. The van der Waals surface area contributed by atoms with Gasteiger partial charge in [0.25, 0.3) is 0 Å². The van der Waals surface area contributed by atoms with E-state index in [1.54, 1.807) is 0 Å². The third-order valence-corrected chi connectivity index (χ3v) is 2.88. The molecule has 0 amide bonds. The van der Waals surface area contributed by atoms with E-state index in [0.29, 0.717) is 19.4 Å². The van der Waals surface area contributed by atoms with Crippen molar-refractivity contribution in [1.29, 1.82) is 5.26 Å². The molecule has 0 N–H and O–H groups in total. The van der Waals surface area contributed by atoms with Crippen LogP contribution in [0.3, 0.4) is 0 Å². The fourth-order valence-corrected chi connectivity index (χ4v) is 1.76. The summed E-state index contributed by atoms with van der Waals surface area (Å²) in [6.45, 7) is 0.327. The summed E-state index contributed by atoms with van der Waals surface area (Å²) in [5.74, 6) is -0.182. The lowest BCUT2D eigenvalue weighted by Gasteiger charge is -2.28. The first-order chi connectivity index (χ1) is 7.79. The van der Waals surface area contributed by atoms with Crippen molar-refractivity contribution >= 4 is 5.97 Å². The van der Waals surface area contributed by atoms with Gasteiger partial charge in [-0.3, -0.25) is 4.79 Å². The highest BCUT2D eigenvalue weighted by atomic mass is 16.5. The molecule has 1 aliphatic rings. The van der Waals surface area contributed by atoms with E-state index < -0.39 is 0 Å². The molecule has 0 bridgehead atoms. The fourth-order valence-electron chi connectivity index (χ4n) is 1.76. The molecular formula is C13H13NO2.